The quantitative estimate of drug-likeness (QED) is 0.295. The Bertz CT molecular complexity index is 389. The van der Waals surface area contributed by atoms with Crippen LogP contribution in [0, 0.1) is 5.92 Å². The molecule has 0 unspecified atom stereocenters. The number of aliphatic hydroxyl groups is 1. The number of carbonyl (C=O) groups is 3. The van der Waals surface area contributed by atoms with Crippen molar-refractivity contribution >= 4 is 30.4 Å². The van der Waals surface area contributed by atoms with E-state index in [4.69, 9.17) is 10.8 Å². The van der Waals surface area contributed by atoms with E-state index in [0.29, 0.717) is 0 Å². The molecule has 0 aromatic heterocycles. The zero-order valence-corrected chi connectivity index (χ0v) is 13.1. The first-order valence-corrected chi connectivity index (χ1v) is 7.13. The van der Waals surface area contributed by atoms with E-state index in [9.17, 15) is 19.5 Å². The highest BCUT2D eigenvalue weighted by Crippen LogP contribution is 2.04. The van der Waals surface area contributed by atoms with Crippen molar-refractivity contribution in [3.05, 3.63) is 0 Å². The van der Waals surface area contributed by atoms with Crippen LogP contribution in [-0.4, -0.2) is 58.0 Å². The minimum absolute atomic E-state index is 0.115. The summed E-state index contributed by atoms with van der Waals surface area (Å²) in [5.41, 5.74) is 5.51. The van der Waals surface area contributed by atoms with Crippen molar-refractivity contribution in [2.45, 2.75) is 45.0 Å². The zero-order valence-electron chi connectivity index (χ0n) is 12.2. The maximum absolute atomic E-state index is 12.1. The van der Waals surface area contributed by atoms with E-state index in [1.165, 1.54) is 6.92 Å². The molecule has 0 aliphatic carbocycles. The number of rotatable bonds is 8. The molecule has 2 amide bonds. The lowest BCUT2D eigenvalue weighted by atomic mass is 10.0. The van der Waals surface area contributed by atoms with Crippen LogP contribution in [0.2, 0.25) is 0 Å². The van der Waals surface area contributed by atoms with Crippen molar-refractivity contribution in [3.63, 3.8) is 0 Å². The Labute approximate surface area is 128 Å². The van der Waals surface area contributed by atoms with Crippen molar-refractivity contribution in [2.24, 2.45) is 11.7 Å². The average molecular weight is 321 g/mol. The lowest BCUT2D eigenvalue weighted by Gasteiger charge is -2.25. The summed E-state index contributed by atoms with van der Waals surface area (Å²) in [4.78, 5) is 34.8. The van der Waals surface area contributed by atoms with Crippen molar-refractivity contribution in [2.75, 3.05) is 5.75 Å². The van der Waals surface area contributed by atoms with Gasteiger partial charge in [0.05, 0.1) is 12.1 Å². The molecule has 0 saturated heterocycles. The molecule has 0 aromatic rings. The molecular weight excluding hydrogens is 298 g/mol. The molecule has 0 spiro atoms. The molecule has 9 heteroatoms. The third-order valence-electron chi connectivity index (χ3n) is 2.83. The highest BCUT2D eigenvalue weighted by atomic mass is 32.1. The number of aliphatic hydroxyl groups excluding tert-OH is 1. The van der Waals surface area contributed by atoms with Gasteiger partial charge in [-0.3, -0.25) is 9.59 Å². The molecule has 6 N–H and O–H groups in total. The molecule has 0 aliphatic heterocycles. The van der Waals surface area contributed by atoms with Gasteiger partial charge in [0.1, 0.15) is 6.04 Å². The van der Waals surface area contributed by atoms with E-state index in [0.717, 1.165) is 0 Å². The fourth-order valence-electron chi connectivity index (χ4n) is 1.51. The number of hydrogen-bond acceptors (Lipinski definition) is 6. The monoisotopic (exact) mass is 321 g/mol. The van der Waals surface area contributed by atoms with E-state index in [-0.39, 0.29) is 11.7 Å². The summed E-state index contributed by atoms with van der Waals surface area (Å²) in [6.07, 6.45) is -1.27. The van der Waals surface area contributed by atoms with Crippen LogP contribution < -0.4 is 16.4 Å². The van der Waals surface area contributed by atoms with Crippen molar-refractivity contribution in [1.82, 2.24) is 10.6 Å². The van der Waals surface area contributed by atoms with Gasteiger partial charge < -0.3 is 26.6 Å². The molecule has 0 aromatic carbocycles. The van der Waals surface area contributed by atoms with Gasteiger partial charge in [0.2, 0.25) is 11.8 Å². The Balaban J connectivity index is 4.92. The molecule has 0 bridgehead atoms. The van der Waals surface area contributed by atoms with Crippen LogP contribution in [0.4, 0.5) is 0 Å². The van der Waals surface area contributed by atoms with Crippen molar-refractivity contribution in [1.29, 1.82) is 0 Å². The standard InChI is InChI=1S/C12H23N3O5S/c1-5(2)8(14-10(17)7(13)4-21)11(18)15-9(6(3)16)12(19)20/h5-9,16,21H,4,13H2,1-3H3,(H,14,17)(H,15,18)(H,19,20)/t6-,7+,8+,9+/m1/s1. The maximum Gasteiger partial charge on any atom is 0.328 e. The summed E-state index contributed by atoms with van der Waals surface area (Å²) < 4.78 is 0. The van der Waals surface area contributed by atoms with Gasteiger partial charge in [-0.25, -0.2) is 4.79 Å². The Morgan fingerprint density at radius 1 is 1.10 bits per heavy atom. The fourth-order valence-corrected chi connectivity index (χ4v) is 1.68. The second kappa shape index (κ2) is 8.85. The van der Waals surface area contributed by atoms with Crippen molar-refractivity contribution in [3.8, 4) is 0 Å². The summed E-state index contributed by atoms with van der Waals surface area (Å²) in [7, 11) is 0. The van der Waals surface area contributed by atoms with Crippen LogP contribution in [-0.2, 0) is 14.4 Å². The number of carboxylic acid groups (broad SMARTS) is 1. The molecule has 0 radical (unpaired) electrons. The number of hydrogen-bond donors (Lipinski definition) is 6. The molecule has 0 saturated carbocycles. The number of nitrogens with one attached hydrogen (secondary N) is 2. The molecule has 0 fully saturated rings. The Kier molecular flexibility index (Phi) is 8.30. The van der Waals surface area contributed by atoms with Crippen LogP contribution in [0.1, 0.15) is 20.8 Å². The van der Waals surface area contributed by atoms with Crippen molar-refractivity contribution < 1.29 is 24.6 Å². The second-order valence-electron chi connectivity index (χ2n) is 5.08. The van der Waals surface area contributed by atoms with E-state index in [1.54, 1.807) is 13.8 Å². The van der Waals surface area contributed by atoms with E-state index < -0.39 is 42.0 Å². The minimum atomic E-state index is -1.45. The Hall–Kier alpha value is -1.32. The van der Waals surface area contributed by atoms with Gasteiger partial charge in [0.25, 0.3) is 0 Å². The summed E-state index contributed by atoms with van der Waals surface area (Å²) in [5, 5.41) is 22.9. The molecule has 8 nitrogen and oxygen atoms in total. The number of nitrogens with two attached hydrogens (primary N) is 1. The molecule has 4 atom stereocenters. The predicted molar refractivity (Wildman–Crippen MR) is 79.8 cm³/mol. The summed E-state index contributed by atoms with van der Waals surface area (Å²) in [6, 6.07) is -3.27. The Morgan fingerprint density at radius 3 is 1.90 bits per heavy atom. The van der Waals surface area contributed by atoms with Crippen LogP contribution in [0.5, 0.6) is 0 Å². The van der Waals surface area contributed by atoms with Crippen LogP contribution >= 0.6 is 12.6 Å². The van der Waals surface area contributed by atoms with Gasteiger partial charge in [-0.15, -0.1) is 0 Å². The highest BCUT2D eigenvalue weighted by Gasteiger charge is 2.31. The zero-order chi connectivity index (χ0) is 16.7. The lowest BCUT2D eigenvalue weighted by molar-refractivity contribution is -0.145. The summed E-state index contributed by atoms with van der Waals surface area (Å²) in [5.74, 6) is -2.78. The van der Waals surface area contributed by atoms with Gasteiger partial charge >= 0.3 is 5.97 Å². The number of thiol groups is 1. The van der Waals surface area contributed by atoms with Gasteiger partial charge in [0, 0.05) is 5.75 Å². The van der Waals surface area contributed by atoms with E-state index in [1.807, 2.05) is 0 Å². The van der Waals surface area contributed by atoms with E-state index >= 15 is 0 Å². The average Bonchev–Trinajstić information content (AvgIpc) is 2.39. The van der Waals surface area contributed by atoms with Gasteiger partial charge in [-0.05, 0) is 12.8 Å². The van der Waals surface area contributed by atoms with E-state index in [2.05, 4.69) is 23.3 Å². The molecule has 0 rings (SSSR count). The SMILES string of the molecule is CC(C)[C@H](NC(=O)[C@@H](N)CS)C(=O)N[C@H](C(=O)O)[C@@H](C)O. The lowest BCUT2D eigenvalue weighted by Crippen LogP contribution is -2.58. The number of carboxylic acids is 1. The molecular formula is C12H23N3O5S. The first-order chi connectivity index (χ1) is 9.61. The van der Waals surface area contributed by atoms with Gasteiger partial charge in [-0.1, -0.05) is 13.8 Å². The second-order valence-corrected chi connectivity index (χ2v) is 5.45. The first kappa shape index (κ1) is 19.7. The normalized spacial score (nSPS) is 16.7. The van der Waals surface area contributed by atoms with Crippen LogP contribution in [0.3, 0.4) is 0 Å². The van der Waals surface area contributed by atoms with Crippen LogP contribution in [0.15, 0.2) is 0 Å². The topological polar surface area (TPSA) is 142 Å². The Morgan fingerprint density at radius 2 is 1.57 bits per heavy atom. The molecule has 21 heavy (non-hydrogen) atoms. The summed E-state index contributed by atoms with van der Waals surface area (Å²) in [6.45, 7) is 4.63. The summed E-state index contributed by atoms with van der Waals surface area (Å²) >= 11 is 3.89. The van der Waals surface area contributed by atoms with Crippen LogP contribution in [0.25, 0.3) is 0 Å². The molecule has 0 heterocycles. The molecule has 0 aliphatic rings. The number of aliphatic carboxylic acids is 1. The maximum atomic E-state index is 12.1. The first-order valence-electron chi connectivity index (χ1n) is 6.49. The molecule has 122 valence electrons. The minimum Gasteiger partial charge on any atom is -0.480 e. The number of carbonyl (C=O) groups excluding carboxylic acids is 2. The number of amides is 2. The smallest absolute Gasteiger partial charge is 0.328 e. The van der Waals surface area contributed by atoms with Gasteiger partial charge in [-0.2, -0.15) is 12.6 Å². The predicted octanol–water partition coefficient (Wildman–Crippen LogP) is -1.67. The fraction of sp³-hybridized carbons (Fsp3) is 0.750. The third-order valence-corrected chi connectivity index (χ3v) is 3.22. The van der Waals surface area contributed by atoms with Gasteiger partial charge in [0.15, 0.2) is 6.04 Å². The largest absolute Gasteiger partial charge is 0.480 e. The highest BCUT2D eigenvalue weighted by molar-refractivity contribution is 7.80. The third kappa shape index (κ3) is 6.32.